The second-order valence-corrected chi connectivity index (χ2v) is 5.17. The zero-order chi connectivity index (χ0) is 16.1. The Morgan fingerprint density at radius 2 is 1.82 bits per heavy atom. The first-order valence-electron chi connectivity index (χ1n) is 7.08. The minimum Gasteiger partial charge on any atom is -0.497 e. The van der Waals surface area contributed by atoms with Crippen LogP contribution in [0.1, 0.15) is 21.5 Å². The summed E-state index contributed by atoms with van der Waals surface area (Å²) in [5, 5.41) is 0. The second-order valence-electron chi connectivity index (χ2n) is 5.17. The van der Waals surface area contributed by atoms with Gasteiger partial charge in [0.25, 0.3) is 0 Å². The van der Waals surface area contributed by atoms with Gasteiger partial charge in [-0.1, -0.05) is 30.3 Å². The summed E-state index contributed by atoms with van der Waals surface area (Å²) in [7, 11) is 4.97. The van der Waals surface area contributed by atoms with E-state index in [4.69, 9.17) is 9.47 Å². The topological polar surface area (TPSA) is 38.8 Å². The first kappa shape index (κ1) is 15.9. The van der Waals surface area contributed by atoms with E-state index in [0.717, 1.165) is 17.0 Å². The van der Waals surface area contributed by atoms with Gasteiger partial charge in [-0.15, -0.1) is 0 Å². The van der Waals surface area contributed by atoms with Gasteiger partial charge in [0.1, 0.15) is 5.75 Å². The number of aryl methyl sites for hydroxylation is 1. The molecule has 0 atom stereocenters. The van der Waals surface area contributed by atoms with Gasteiger partial charge < -0.3 is 14.4 Å². The van der Waals surface area contributed by atoms with E-state index < -0.39 is 0 Å². The number of esters is 1. The Kier molecular flexibility index (Phi) is 5.04. The molecule has 0 heterocycles. The Bertz CT molecular complexity index is 653. The molecule has 0 aliphatic rings. The fraction of sp³-hybridized carbons (Fsp3) is 0.278. The van der Waals surface area contributed by atoms with Crippen molar-refractivity contribution in [2.24, 2.45) is 0 Å². The molecule has 0 saturated carbocycles. The predicted octanol–water partition coefficient (Wildman–Crippen LogP) is 3.43. The van der Waals surface area contributed by atoms with Gasteiger partial charge in [0.05, 0.1) is 25.5 Å². The molecule has 2 rings (SSSR count). The summed E-state index contributed by atoms with van der Waals surface area (Å²) >= 11 is 0. The van der Waals surface area contributed by atoms with E-state index in [1.165, 1.54) is 12.7 Å². The maximum atomic E-state index is 12.1. The van der Waals surface area contributed by atoms with Gasteiger partial charge in [-0.3, -0.25) is 0 Å². The predicted molar refractivity (Wildman–Crippen MR) is 87.6 cm³/mol. The molecule has 0 amide bonds. The number of anilines is 1. The molecule has 0 aliphatic heterocycles. The fourth-order valence-corrected chi connectivity index (χ4v) is 2.47. The zero-order valence-corrected chi connectivity index (χ0v) is 13.4. The highest BCUT2D eigenvalue weighted by Gasteiger charge is 2.19. The lowest BCUT2D eigenvalue weighted by atomic mass is 10.0. The molecule has 116 valence electrons. The second kappa shape index (κ2) is 6.98. The summed E-state index contributed by atoms with van der Waals surface area (Å²) in [6, 6.07) is 13.8. The molecule has 2 aromatic carbocycles. The molecule has 0 bridgehead atoms. The van der Waals surface area contributed by atoms with Gasteiger partial charge in [0.15, 0.2) is 0 Å². The number of methoxy groups -OCH3 is 2. The molecular weight excluding hydrogens is 278 g/mol. The maximum absolute atomic E-state index is 12.1. The van der Waals surface area contributed by atoms with Crippen LogP contribution >= 0.6 is 0 Å². The molecule has 0 radical (unpaired) electrons. The number of carbonyl (C=O) groups is 1. The smallest absolute Gasteiger partial charge is 0.340 e. The molecule has 0 saturated heterocycles. The van der Waals surface area contributed by atoms with Crippen LogP contribution in [0.5, 0.6) is 5.75 Å². The fourth-order valence-electron chi connectivity index (χ4n) is 2.47. The standard InChI is InChI=1S/C18H21NO3/c1-13-10-15(21-3)11-16(17(13)18(20)22-4)19(2)12-14-8-6-5-7-9-14/h5-11H,12H2,1-4H3. The number of hydrogen-bond acceptors (Lipinski definition) is 4. The van der Waals surface area contributed by atoms with Gasteiger partial charge in [0.2, 0.25) is 0 Å². The van der Waals surface area contributed by atoms with Crippen LogP contribution in [-0.2, 0) is 11.3 Å². The number of benzene rings is 2. The molecule has 0 spiro atoms. The van der Waals surface area contributed by atoms with Crippen LogP contribution in [-0.4, -0.2) is 27.2 Å². The van der Waals surface area contributed by atoms with Crippen molar-refractivity contribution in [2.45, 2.75) is 13.5 Å². The highest BCUT2D eigenvalue weighted by molar-refractivity contribution is 5.97. The summed E-state index contributed by atoms with van der Waals surface area (Å²) in [4.78, 5) is 14.1. The SMILES string of the molecule is COC(=O)c1c(C)cc(OC)cc1N(C)Cc1ccccc1. The van der Waals surface area contributed by atoms with E-state index in [-0.39, 0.29) is 5.97 Å². The maximum Gasteiger partial charge on any atom is 0.340 e. The monoisotopic (exact) mass is 299 g/mol. The van der Waals surface area contributed by atoms with Crippen LogP contribution < -0.4 is 9.64 Å². The summed E-state index contributed by atoms with van der Waals surface area (Å²) in [5.41, 5.74) is 3.37. The Labute approximate surface area is 131 Å². The molecule has 0 N–H and O–H groups in total. The number of hydrogen-bond donors (Lipinski definition) is 0. The average Bonchev–Trinajstić information content (AvgIpc) is 2.54. The van der Waals surface area contributed by atoms with E-state index in [2.05, 4.69) is 12.1 Å². The third kappa shape index (κ3) is 3.39. The molecule has 0 aliphatic carbocycles. The molecule has 0 aromatic heterocycles. The van der Waals surface area contributed by atoms with Gasteiger partial charge >= 0.3 is 5.97 Å². The molecule has 4 heteroatoms. The van der Waals surface area contributed by atoms with Crippen LogP contribution in [0.25, 0.3) is 0 Å². The number of carbonyl (C=O) groups excluding carboxylic acids is 1. The quantitative estimate of drug-likeness (QED) is 0.793. The summed E-state index contributed by atoms with van der Waals surface area (Å²) in [6.45, 7) is 2.58. The van der Waals surface area contributed by atoms with Crippen LogP contribution in [0.3, 0.4) is 0 Å². The Morgan fingerprint density at radius 1 is 1.14 bits per heavy atom. The number of rotatable bonds is 5. The van der Waals surface area contributed by atoms with Crippen LogP contribution in [0.15, 0.2) is 42.5 Å². The van der Waals surface area contributed by atoms with Crippen molar-refractivity contribution in [2.75, 3.05) is 26.2 Å². The molecule has 0 unspecified atom stereocenters. The van der Waals surface area contributed by atoms with Crippen molar-refractivity contribution in [3.63, 3.8) is 0 Å². The van der Waals surface area contributed by atoms with Crippen LogP contribution in [0.4, 0.5) is 5.69 Å². The van der Waals surface area contributed by atoms with Gasteiger partial charge in [-0.05, 0) is 24.1 Å². The lowest BCUT2D eigenvalue weighted by Crippen LogP contribution is -2.20. The number of nitrogens with zero attached hydrogens (tertiary/aromatic N) is 1. The first-order chi connectivity index (χ1) is 10.6. The lowest BCUT2D eigenvalue weighted by Gasteiger charge is -2.23. The summed E-state index contributed by atoms with van der Waals surface area (Å²) < 4.78 is 10.3. The van der Waals surface area contributed by atoms with Crippen molar-refractivity contribution in [1.29, 1.82) is 0 Å². The van der Waals surface area contributed by atoms with Gasteiger partial charge in [0, 0.05) is 19.7 Å². The first-order valence-corrected chi connectivity index (χ1v) is 7.08. The summed E-state index contributed by atoms with van der Waals surface area (Å²) in [5.74, 6) is 0.384. The van der Waals surface area contributed by atoms with Crippen LogP contribution in [0.2, 0.25) is 0 Å². The van der Waals surface area contributed by atoms with Crippen molar-refractivity contribution < 1.29 is 14.3 Å². The van der Waals surface area contributed by atoms with E-state index in [1.807, 2.05) is 49.2 Å². The average molecular weight is 299 g/mol. The number of ether oxygens (including phenoxy) is 2. The normalized spacial score (nSPS) is 10.2. The molecule has 0 fully saturated rings. The lowest BCUT2D eigenvalue weighted by molar-refractivity contribution is 0.0600. The van der Waals surface area contributed by atoms with Crippen molar-refractivity contribution in [1.82, 2.24) is 0 Å². The van der Waals surface area contributed by atoms with Gasteiger partial charge in [-0.25, -0.2) is 4.79 Å². The van der Waals surface area contributed by atoms with Crippen LogP contribution in [0, 0.1) is 6.92 Å². The molecule has 4 nitrogen and oxygen atoms in total. The molecule has 22 heavy (non-hydrogen) atoms. The van der Waals surface area contributed by atoms with Crippen molar-refractivity contribution in [3.8, 4) is 5.75 Å². The Morgan fingerprint density at radius 3 is 2.41 bits per heavy atom. The minimum absolute atomic E-state index is 0.338. The van der Waals surface area contributed by atoms with Crippen molar-refractivity contribution >= 4 is 11.7 Å². The van der Waals surface area contributed by atoms with Gasteiger partial charge in [-0.2, -0.15) is 0 Å². The largest absolute Gasteiger partial charge is 0.497 e. The van der Waals surface area contributed by atoms with E-state index >= 15 is 0 Å². The third-order valence-electron chi connectivity index (χ3n) is 3.59. The Hall–Kier alpha value is -2.49. The summed E-state index contributed by atoms with van der Waals surface area (Å²) in [6.07, 6.45) is 0. The Balaban J connectivity index is 2.42. The van der Waals surface area contributed by atoms with Crippen molar-refractivity contribution in [3.05, 3.63) is 59.2 Å². The van der Waals surface area contributed by atoms with E-state index in [9.17, 15) is 4.79 Å². The highest BCUT2D eigenvalue weighted by atomic mass is 16.5. The third-order valence-corrected chi connectivity index (χ3v) is 3.59. The molecule has 2 aromatic rings. The zero-order valence-electron chi connectivity index (χ0n) is 13.4. The van der Waals surface area contributed by atoms with E-state index in [1.54, 1.807) is 7.11 Å². The highest BCUT2D eigenvalue weighted by Crippen LogP contribution is 2.30. The molecular formula is C18H21NO3. The van der Waals surface area contributed by atoms with E-state index in [0.29, 0.717) is 12.1 Å². The minimum atomic E-state index is -0.338.